The largest absolute Gasteiger partial charge is 0.330 e. The summed E-state index contributed by atoms with van der Waals surface area (Å²) in [5.74, 6) is 0.252. The Kier molecular flexibility index (Phi) is 4.90. The number of anilines is 1. The number of benzene rings is 1. The number of nitrogens with two attached hydrogens (primary N) is 1. The SMILES string of the molecule is CC1C=NN(c2ccc(CCCCN)cc2)C(=O)C1C. The van der Waals surface area contributed by atoms with Crippen LogP contribution in [0, 0.1) is 11.8 Å². The van der Waals surface area contributed by atoms with Crippen LogP contribution >= 0.6 is 0 Å². The molecule has 1 aliphatic rings. The highest BCUT2D eigenvalue weighted by Gasteiger charge is 2.29. The number of hydrogen-bond acceptors (Lipinski definition) is 3. The molecule has 4 nitrogen and oxygen atoms in total. The molecule has 1 aromatic rings. The third-order valence-corrected chi connectivity index (χ3v) is 3.90. The van der Waals surface area contributed by atoms with Crippen LogP contribution in [0.2, 0.25) is 0 Å². The highest BCUT2D eigenvalue weighted by atomic mass is 16.2. The monoisotopic (exact) mass is 273 g/mol. The summed E-state index contributed by atoms with van der Waals surface area (Å²) in [5.41, 5.74) is 7.61. The summed E-state index contributed by atoms with van der Waals surface area (Å²) in [5, 5.41) is 5.77. The molecule has 2 unspecified atom stereocenters. The number of amides is 1. The van der Waals surface area contributed by atoms with Gasteiger partial charge in [0.25, 0.3) is 5.91 Å². The van der Waals surface area contributed by atoms with Gasteiger partial charge >= 0.3 is 0 Å². The average Bonchev–Trinajstić information content (AvgIpc) is 2.46. The van der Waals surface area contributed by atoms with Crippen LogP contribution in [0.5, 0.6) is 0 Å². The van der Waals surface area contributed by atoms with Gasteiger partial charge in [0.1, 0.15) is 0 Å². The van der Waals surface area contributed by atoms with E-state index >= 15 is 0 Å². The molecule has 0 saturated carbocycles. The molecule has 1 aliphatic heterocycles. The van der Waals surface area contributed by atoms with E-state index in [1.165, 1.54) is 10.6 Å². The normalized spacial score (nSPS) is 22.4. The highest BCUT2D eigenvalue weighted by molar-refractivity contribution is 5.99. The summed E-state index contributed by atoms with van der Waals surface area (Å²) in [6.45, 7) is 4.71. The Morgan fingerprint density at radius 3 is 2.55 bits per heavy atom. The fourth-order valence-corrected chi connectivity index (χ4v) is 2.25. The van der Waals surface area contributed by atoms with E-state index in [1.807, 2.05) is 32.2 Å². The first-order chi connectivity index (χ1) is 9.63. The summed E-state index contributed by atoms with van der Waals surface area (Å²) in [7, 11) is 0. The van der Waals surface area contributed by atoms with Crippen LogP contribution in [0.4, 0.5) is 5.69 Å². The van der Waals surface area contributed by atoms with Gasteiger partial charge in [-0.1, -0.05) is 26.0 Å². The van der Waals surface area contributed by atoms with Crippen molar-refractivity contribution in [2.75, 3.05) is 11.6 Å². The van der Waals surface area contributed by atoms with E-state index in [1.54, 1.807) is 0 Å². The van der Waals surface area contributed by atoms with Crippen LogP contribution in [0.1, 0.15) is 32.3 Å². The molecule has 20 heavy (non-hydrogen) atoms. The number of hydrazone groups is 1. The number of nitrogens with zero attached hydrogens (tertiary/aromatic N) is 2. The standard InChI is InChI=1S/C16H23N3O/c1-12-11-18-19(16(20)13(12)2)15-8-6-14(7-9-15)5-3-4-10-17/h6-9,11-13H,3-5,10,17H2,1-2H3. The quantitative estimate of drug-likeness (QED) is 0.838. The lowest BCUT2D eigenvalue weighted by atomic mass is 9.95. The molecular weight excluding hydrogens is 250 g/mol. The van der Waals surface area contributed by atoms with E-state index in [4.69, 9.17) is 5.73 Å². The Morgan fingerprint density at radius 1 is 1.20 bits per heavy atom. The predicted octanol–water partition coefficient (Wildman–Crippen LogP) is 2.57. The van der Waals surface area contributed by atoms with Crippen LogP contribution in [-0.4, -0.2) is 18.7 Å². The van der Waals surface area contributed by atoms with E-state index in [9.17, 15) is 4.79 Å². The van der Waals surface area contributed by atoms with Crippen molar-refractivity contribution >= 4 is 17.8 Å². The maximum absolute atomic E-state index is 12.2. The van der Waals surface area contributed by atoms with Crippen LogP contribution < -0.4 is 10.7 Å². The van der Waals surface area contributed by atoms with E-state index < -0.39 is 0 Å². The fourth-order valence-electron chi connectivity index (χ4n) is 2.25. The van der Waals surface area contributed by atoms with Crippen molar-refractivity contribution in [3.63, 3.8) is 0 Å². The van der Waals surface area contributed by atoms with Crippen molar-refractivity contribution in [3.05, 3.63) is 29.8 Å². The second-order valence-electron chi connectivity index (χ2n) is 5.47. The van der Waals surface area contributed by atoms with Crippen molar-refractivity contribution in [2.24, 2.45) is 22.7 Å². The Bertz CT molecular complexity index is 481. The van der Waals surface area contributed by atoms with Crippen molar-refractivity contribution in [1.29, 1.82) is 0 Å². The van der Waals surface area contributed by atoms with Gasteiger partial charge in [0.2, 0.25) is 0 Å². The zero-order chi connectivity index (χ0) is 14.5. The average molecular weight is 273 g/mol. The lowest BCUT2D eigenvalue weighted by Crippen LogP contribution is -2.38. The number of hydrogen-bond donors (Lipinski definition) is 1. The fraction of sp³-hybridized carbons (Fsp3) is 0.500. The highest BCUT2D eigenvalue weighted by Crippen LogP contribution is 2.24. The van der Waals surface area contributed by atoms with E-state index in [2.05, 4.69) is 17.2 Å². The van der Waals surface area contributed by atoms with Crippen LogP contribution in [0.3, 0.4) is 0 Å². The summed E-state index contributed by atoms with van der Waals surface area (Å²) in [4.78, 5) is 12.2. The van der Waals surface area contributed by atoms with Gasteiger partial charge in [0.05, 0.1) is 5.69 Å². The first-order valence-corrected chi connectivity index (χ1v) is 7.30. The Balaban J connectivity index is 2.06. The lowest BCUT2D eigenvalue weighted by Gasteiger charge is -2.27. The number of carbonyl (C=O) groups excluding carboxylic acids is 1. The van der Waals surface area contributed by atoms with Crippen LogP contribution in [0.15, 0.2) is 29.4 Å². The minimum absolute atomic E-state index is 0.0169. The second kappa shape index (κ2) is 6.66. The minimum Gasteiger partial charge on any atom is -0.330 e. The van der Waals surface area contributed by atoms with Gasteiger partial charge in [0.15, 0.2) is 0 Å². The van der Waals surface area contributed by atoms with Crippen molar-refractivity contribution in [3.8, 4) is 0 Å². The third-order valence-electron chi connectivity index (χ3n) is 3.90. The predicted molar refractivity (Wildman–Crippen MR) is 82.7 cm³/mol. The molecule has 0 fully saturated rings. The second-order valence-corrected chi connectivity index (χ2v) is 5.47. The number of rotatable bonds is 5. The van der Waals surface area contributed by atoms with Crippen molar-refractivity contribution in [2.45, 2.75) is 33.1 Å². The van der Waals surface area contributed by atoms with Gasteiger partial charge in [0, 0.05) is 18.1 Å². The van der Waals surface area contributed by atoms with E-state index in [-0.39, 0.29) is 17.7 Å². The molecule has 0 saturated heterocycles. The Hall–Kier alpha value is -1.68. The van der Waals surface area contributed by atoms with Gasteiger partial charge in [-0.3, -0.25) is 4.79 Å². The number of unbranched alkanes of at least 4 members (excludes halogenated alkanes) is 1. The van der Waals surface area contributed by atoms with Crippen molar-refractivity contribution in [1.82, 2.24) is 0 Å². The summed E-state index contributed by atoms with van der Waals surface area (Å²) in [6, 6.07) is 8.07. The third kappa shape index (κ3) is 3.25. The topological polar surface area (TPSA) is 58.7 Å². The van der Waals surface area contributed by atoms with Crippen LogP contribution in [0.25, 0.3) is 0 Å². The molecule has 0 aliphatic carbocycles. The zero-order valence-corrected chi connectivity index (χ0v) is 12.2. The molecule has 1 heterocycles. The summed E-state index contributed by atoms with van der Waals surface area (Å²) in [6.07, 6.45) is 5.03. The maximum Gasteiger partial charge on any atom is 0.250 e. The molecule has 0 radical (unpaired) electrons. The molecule has 2 rings (SSSR count). The number of aryl methyl sites for hydroxylation is 1. The van der Waals surface area contributed by atoms with Gasteiger partial charge in [-0.05, 0) is 43.5 Å². The molecule has 2 atom stereocenters. The van der Waals surface area contributed by atoms with Gasteiger partial charge in [-0.2, -0.15) is 5.10 Å². The molecule has 0 aromatic heterocycles. The molecule has 1 amide bonds. The molecule has 0 spiro atoms. The first kappa shape index (κ1) is 14.7. The molecule has 0 bridgehead atoms. The van der Waals surface area contributed by atoms with Gasteiger partial charge < -0.3 is 5.73 Å². The van der Waals surface area contributed by atoms with E-state index in [0.29, 0.717) is 0 Å². The van der Waals surface area contributed by atoms with Gasteiger partial charge in [-0.15, -0.1) is 0 Å². The molecular formula is C16H23N3O. The van der Waals surface area contributed by atoms with E-state index in [0.717, 1.165) is 31.5 Å². The lowest BCUT2D eigenvalue weighted by molar-refractivity contribution is -0.123. The molecule has 108 valence electrons. The molecule has 2 N–H and O–H groups in total. The minimum atomic E-state index is -0.0169. The van der Waals surface area contributed by atoms with Crippen LogP contribution in [-0.2, 0) is 11.2 Å². The summed E-state index contributed by atoms with van der Waals surface area (Å²) < 4.78 is 0. The Labute approximate surface area is 120 Å². The molecule has 1 aromatic carbocycles. The molecule has 4 heteroatoms. The maximum atomic E-state index is 12.2. The van der Waals surface area contributed by atoms with Crippen molar-refractivity contribution < 1.29 is 4.79 Å². The van der Waals surface area contributed by atoms with Gasteiger partial charge in [-0.25, -0.2) is 5.01 Å². The Morgan fingerprint density at radius 2 is 1.90 bits per heavy atom. The zero-order valence-electron chi connectivity index (χ0n) is 12.2. The smallest absolute Gasteiger partial charge is 0.250 e. The first-order valence-electron chi connectivity index (χ1n) is 7.30. The number of carbonyl (C=O) groups is 1. The summed E-state index contributed by atoms with van der Waals surface area (Å²) >= 11 is 0.